The van der Waals surface area contributed by atoms with Crippen LogP contribution < -0.4 is 0 Å². The van der Waals surface area contributed by atoms with Crippen LogP contribution in [0, 0.1) is 0 Å². The molecule has 0 aliphatic heterocycles. The summed E-state index contributed by atoms with van der Waals surface area (Å²) in [6.45, 7) is 0.411. The number of thiazole rings is 1. The molecule has 3 aromatic rings. The standard InChI is InChI=1S/C19H17NO2S/c21-19(13-12-15-7-2-1-3-8-15)22-14-6-11-18-20-16-9-4-5-10-17(16)23-18/h1-5,7-10,12-13H,6,11,14H2/b13-12+. The van der Waals surface area contributed by atoms with Gasteiger partial charge in [0.25, 0.3) is 0 Å². The highest BCUT2D eigenvalue weighted by Crippen LogP contribution is 2.22. The molecule has 116 valence electrons. The van der Waals surface area contributed by atoms with Gasteiger partial charge < -0.3 is 4.74 Å². The Bertz CT molecular complexity index is 775. The molecule has 0 atom stereocenters. The van der Waals surface area contributed by atoms with Crippen LogP contribution in [0.5, 0.6) is 0 Å². The van der Waals surface area contributed by atoms with Gasteiger partial charge in [-0.3, -0.25) is 0 Å². The van der Waals surface area contributed by atoms with Crippen molar-refractivity contribution in [1.29, 1.82) is 0 Å². The molecule has 0 fully saturated rings. The average Bonchev–Trinajstić information content (AvgIpc) is 3.00. The molecule has 1 aromatic heterocycles. The minimum Gasteiger partial charge on any atom is -0.463 e. The molecule has 1 heterocycles. The Labute approximate surface area is 139 Å². The summed E-state index contributed by atoms with van der Waals surface area (Å²) in [5, 5.41) is 1.09. The van der Waals surface area contributed by atoms with Crippen LogP contribution in [-0.2, 0) is 16.0 Å². The topological polar surface area (TPSA) is 39.2 Å². The molecule has 0 aliphatic rings. The third-order valence-corrected chi connectivity index (χ3v) is 4.43. The summed E-state index contributed by atoms with van der Waals surface area (Å²) in [5.74, 6) is -0.307. The second-order valence-corrected chi connectivity index (χ2v) is 6.21. The number of nitrogens with zero attached hydrogens (tertiary/aromatic N) is 1. The molecule has 3 rings (SSSR count). The molecule has 2 aromatic carbocycles. The van der Waals surface area contributed by atoms with Crippen molar-refractivity contribution in [3.05, 3.63) is 71.2 Å². The number of fused-ring (bicyclic) bond motifs is 1. The van der Waals surface area contributed by atoms with E-state index in [-0.39, 0.29) is 5.97 Å². The van der Waals surface area contributed by atoms with Gasteiger partial charge in [0.2, 0.25) is 0 Å². The summed E-state index contributed by atoms with van der Waals surface area (Å²) in [5.41, 5.74) is 2.02. The van der Waals surface area contributed by atoms with Crippen molar-refractivity contribution in [2.75, 3.05) is 6.61 Å². The van der Waals surface area contributed by atoms with Crippen LogP contribution in [0.2, 0.25) is 0 Å². The van der Waals surface area contributed by atoms with Crippen molar-refractivity contribution in [2.45, 2.75) is 12.8 Å². The first-order chi connectivity index (χ1) is 11.3. The molecule has 23 heavy (non-hydrogen) atoms. The second-order valence-electron chi connectivity index (χ2n) is 5.09. The fourth-order valence-corrected chi connectivity index (χ4v) is 3.21. The van der Waals surface area contributed by atoms with Gasteiger partial charge >= 0.3 is 5.97 Å². The minimum absolute atomic E-state index is 0.307. The van der Waals surface area contributed by atoms with E-state index < -0.39 is 0 Å². The highest BCUT2D eigenvalue weighted by atomic mass is 32.1. The number of carbonyl (C=O) groups is 1. The van der Waals surface area contributed by atoms with Gasteiger partial charge in [0, 0.05) is 12.5 Å². The van der Waals surface area contributed by atoms with Crippen LogP contribution in [0.3, 0.4) is 0 Å². The predicted molar refractivity (Wildman–Crippen MR) is 94.4 cm³/mol. The Kier molecular flexibility index (Phi) is 5.17. The normalized spacial score (nSPS) is 11.1. The Morgan fingerprint density at radius 3 is 2.70 bits per heavy atom. The van der Waals surface area contributed by atoms with Crippen LogP contribution in [0.1, 0.15) is 17.0 Å². The van der Waals surface area contributed by atoms with Crippen molar-refractivity contribution >= 4 is 33.6 Å². The van der Waals surface area contributed by atoms with Gasteiger partial charge in [0.15, 0.2) is 0 Å². The Morgan fingerprint density at radius 1 is 1.09 bits per heavy atom. The second kappa shape index (κ2) is 7.70. The van der Waals surface area contributed by atoms with Crippen molar-refractivity contribution in [2.24, 2.45) is 0 Å². The van der Waals surface area contributed by atoms with E-state index >= 15 is 0 Å². The van der Waals surface area contributed by atoms with Crippen molar-refractivity contribution in [3.63, 3.8) is 0 Å². The van der Waals surface area contributed by atoms with Crippen molar-refractivity contribution < 1.29 is 9.53 Å². The van der Waals surface area contributed by atoms with E-state index in [0.717, 1.165) is 28.9 Å². The highest BCUT2D eigenvalue weighted by Gasteiger charge is 2.03. The van der Waals surface area contributed by atoms with Crippen LogP contribution in [0.25, 0.3) is 16.3 Å². The predicted octanol–water partition coefficient (Wildman–Crippen LogP) is 4.49. The number of carbonyl (C=O) groups excluding carboxylic acids is 1. The Balaban J connectivity index is 1.42. The van der Waals surface area contributed by atoms with Crippen molar-refractivity contribution in [1.82, 2.24) is 4.98 Å². The molecule has 0 saturated heterocycles. The van der Waals surface area contributed by atoms with E-state index in [0.29, 0.717) is 6.61 Å². The lowest BCUT2D eigenvalue weighted by atomic mass is 10.2. The van der Waals surface area contributed by atoms with Gasteiger partial charge in [-0.25, -0.2) is 9.78 Å². The molecular formula is C19H17NO2S. The van der Waals surface area contributed by atoms with Gasteiger partial charge in [-0.05, 0) is 30.2 Å². The molecule has 4 heteroatoms. The van der Waals surface area contributed by atoms with Gasteiger partial charge in [-0.15, -0.1) is 11.3 Å². The first kappa shape index (κ1) is 15.4. The molecule has 0 unspecified atom stereocenters. The van der Waals surface area contributed by atoms with Crippen molar-refractivity contribution in [3.8, 4) is 0 Å². The van der Waals surface area contributed by atoms with Gasteiger partial charge in [-0.2, -0.15) is 0 Å². The average molecular weight is 323 g/mol. The zero-order valence-electron chi connectivity index (χ0n) is 12.6. The molecule has 0 amide bonds. The number of esters is 1. The van der Waals surface area contributed by atoms with E-state index in [4.69, 9.17) is 4.74 Å². The highest BCUT2D eigenvalue weighted by molar-refractivity contribution is 7.18. The summed E-state index contributed by atoms with van der Waals surface area (Å²) >= 11 is 1.70. The zero-order valence-corrected chi connectivity index (χ0v) is 13.5. The van der Waals surface area contributed by atoms with E-state index in [1.54, 1.807) is 17.4 Å². The lowest BCUT2D eigenvalue weighted by Gasteiger charge is -2.00. The molecule has 0 spiro atoms. The van der Waals surface area contributed by atoms with E-state index in [1.165, 1.54) is 10.8 Å². The quantitative estimate of drug-likeness (QED) is 0.381. The monoisotopic (exact) mass is 323 g/mol. The summed E-state index contributed by atoms with van der Waals surface area (Å²) in [4.78, 5) is 16.2. The number of rotatable bonds is 6. The maximum absolute atomic E-state index is 11.6. The van der Waals surface area contributed by atoms with E-state index in [9.17, 15) is 4.79 Å². The smallest absolute Gasteiger partial charge is 0.330 e. The minimum atomic E-state index is -0.307. The number of aryl methyl sites for hydroxylation is 1. The number of benzene rings is 2. The lowest BCUT2D eigenvalue weighted by molar-refractivity contribution is -0.137. The molecular weight excluding hydrogens is 306 g/mol. The molecule has 0 N–H and O–H groups in total. The molecule has 0 aliphatic carbocycles. The van der Waals surface area contributed by atoms with Gasteiger partial charge in [0.05, 0.1) is 21.8 Å². The number of ether oxygens (including phenoxy) is 1. The van der Waals surface area contributed by atoms with Crippen LogP contribution in [-0.4, -0.2) is 17.6 Å². The molecule has 0 bridgehead atoms. The summed E-state index contributed by atoms with van der Waals surface area (Å²) < 4.78 is 6.41. The van der Waals surface area contributed by atoms with Crippen LogP contribution >= 0.6 is 11.3 Å². The van der Waals surface area contributed by atoms with E-state index in [1.807, 2.05) is 48.5 Å². The summed E-state index contributed by atoms with van der Waals surface area (Å²) in [6.07, 6.45) is 4.84. The Hall–Kier alpha value is -2.46. The van der Waals surface area contributed by atoms with Gasteiger partial charge in [-0.1, -0.05) is 42.5 Å². The third kappa shape index (κ3) is 4.50. The summed E-state index contributed by atoms with van der Waals surface area (Å²) in [6, 6.07) is 17.8. The molecule has 0 radical (unpaired) electrons. The van der Waals surface area contributed by atoms with E-state index in [2.05, 4.69) is 11.1 Å². The fraction of sp³-hybridized carbons (Fsp3) is 0.158. The van der Waals surface area contributed by atoms with Crippen LogP contribution in [0.4, 0.5) is 0 Å². The Morgan fingerprint density at radius 2 is 1.87 bits per heavy atom. The summed E-state index contributed by atoms with van der Waals surface area (Å²) in [7, 11) is 0. The van der Waals surface area contributed by atoms with Gasteiger partial charge in [0.1, 0.15) is 0 Å². The number of aromatic nitrogens is 1. The number of para-hydroxylation sites is 1. The number of hydrogen-bond acceptors (Lipinski definition) is 4. The SMILES string of the molecule is O=C(/C=C/c1ccccc1)OCCCc1nc2ccccc2s1. The molecule has 0 saturated carbocycles. The molecule has 3 nitrogen and oxygen atoms in total. The fourth-order valence-electron chi connectivity index (χ4n) is 2.20. The first-order valence-electron chi connectivity index (χ1n) is 7.55. The number of hydrogen-bond donors (Lipinski definition) is 0. The maximum Gasteiger partial charge on any atom is 0.330 e. The first-order valence-corrected chi connectivity index (χ1v) is 8.37. The lowest BCUT2D eigenvalue weighted by Crippen LogP contribution is -2.03. The van der Waals surface area contributed by atoms with Crippen LogP contribution in [0.15, 0.2) is 60.7 Å². The largest absolute Gasteiger partial charge is 0.463 e. The zero-order chi connectivity index (χ0) is 15.9. The third-order valence-electron chi connectivity index (χ3n) is 3.33. The maximum atomic E-state index is 11.6.